The number of fused-ring (bicyclic) bond motifs is 1. The molecule has 2 saturated heterocycles. The number of nitrogens with zero attached hydrogens (tertiary/aromatic N) is 6. The number of piperidine rings is 1. The van der Waals surface area contributed by atoms with E-state index in [1.807, 2.05) is 41.3 Å². The van der Waals surface area contributed by atoms with Gasteiger partial charge in [-0.2, -0.15) is 4.98 Å². The lowest BCUT2D eigenvalue weighted by Crippen LogP contribution is -2.40. The summed E-state index contributed by atoms with van der Waals surface area (Å²) < 4.78 is 17.1. The van der Waals surface area contributed by atoms with Crippen LogP contribution in [0.3, 0.4) is 0 Å². The minimum atomic E-state index is 0.0349. The van der Waals surface area contributed by atoms with Crippen molar-refractivity contribution in [2.45, 2.75) is 45.6 Å². The van der Waals surface area contributed by atoms with Gasteiger partial charge < -0.3 is 23.8 Å². The van der Waals surface area contributed by atoms with E-state index >= 15 is 0 Å². The van der Waals surface area contributed by atoms with Gasteiger partial charge >= 0.3 is 6.01 Å². The van der Waals surface area contributed by atoms with Crippen LogP contribution < -0.4 is 9.64 Å². The van der Waals surface area contributed by atoms with Gasteiger partial charge in [0.05, 0.1) is 18.9 Å². The van der Waals surface area contributed by atoms with E-state index in [-0.39, 0.29) is 17.9 Å². The maximum absolute atomic E-state index is 12.8. The van der Waals surface area contributed by atoms with Crippen molar-refractivity contribution in [2.75, 3.05) is 44.3 Å². The summed E-state index contributed by atoms with van der Waals surface area (Å²) in [6.45, 7) is 10.4. The van der Waals surface area contributed by atoms with Crippen LogP contribution in [0.15, 0.2) is 40.9 Å². The van der Waals surface area contributed by atoms with Crippen LogP contribution in [0.4, 0.5) is 6.01 Å². The molecule has 3 aromatic heterocycles. The van der Waals surface area contributed by atoms with Crippen molar-refractivity contribution in [2.24, 2.45) is 5.92 Å². The third-order valence-electron chi connectivity index (χ3n) is 7.67. The van der Waals surface area contributed by atoms with Crippen LogP contribution >= 0.6 is 11.3 Å². The lowest BCUT2D eigenvalue weighted by Gasteiger charge is -2.33. The van der Waals surface area contributed by atoms with Gasteiger partial charge in [-0.25, -0.2) is 9.97 Å². The second kappa shape index (κ2) is 11.5. The summed E-state index contributed by atoms with van der Waals surface area (Å²) in [7, 11) is 0. The molecule has 2 fully saturated rings. The van der Waals surface area contributed by atoms with E-state index in [2.05, 4.69) is 40.8 Å². The first-order valence-corrected chi connectivity index (χ1v) is 14.8. The van der Waals surface area contributed by atoms with Gasteiger partial charge in [0.15, 0.2) is 5.82 Å². The van der Waals surface area contributed by atoms with E-state index in [1.165, 1.54) is 11.3 Å². The first kappa shape index (κ1) is 26.6. The Kier molecular flexibility index (Phi) is 7.66. The maximum atomic E-state index is 12.8. The highest BCUT2D eigenvalue weighted by atomic mass is 32.1. The number of anilines is 1. The average Bonchev–Trinajstić information content (AvgIpc) is 3.64. The van der Waals surface area contributed by atoms with E-state index < -0.39 is 0 Å². The highest BCUT2D eigenvalue weighted by molar-refractivity contribution is 7.19. The summed E-state index contributed by atoms with van der Waals surface area (Å²) in [6.07, 6.45) is 2.00. The monoisotopic (exact) mass is 562 g/mol. The molecule has 6 rings (SSSR count). The third-order valence-corrected chi connectivity index (χ3v) is 8.53. The minimum Gasteiger partial charge on any atom is -0.467 e. The number of hydrogen-bond donors (Lipinski definition) is 0. The number of amides is 1. The number of ether oxygens (including phenoxy) is 2. The average molecular weight is 563 g/mol. The fourth-order valence-corrected chi connectivity index (χ4v) is 6.02. The summed E-state index contributed by atoms with van der Waals surface area (Å²) in [4.78, 5) is 31.6. The number of aromatic nitrogens is 4. The number of rotatable bonds is 7. The van der Waals surface area contributed by atoms with Crippen molar-refractivity contribution in [1.82, 2.24) is 25.0 Å². The minimum absolute atomic E-state index is 0.0349. The molecule has 5 heterocycles. The van der Waals surface area contributed by atoms with E-state index in [4.69, 9.17) is 19.0 Å². The lowest BCUT2D eigenvalue weighted by molar-refractivity contribution is 0.0303. The fourth-order valence-electron chi connectivity index (χ4n) is 5.15. The summed E-state index contributed by atoms with van der Waals surface area (Å²) in [5, 5.41) is 4.73. The van der Waals surface area contributed by atoms with Crippen LogP contribution in [0.5, 0.6) is 5.19 Å². The molecule has 1 aromatic carbocycles. The van der Waals surface area contributed by atoms with Crippen LogP contribution in [0.25, 0.3) is 21.6 Å². The summed E-state index contributed by atoms with van der Waals surface area (Å²) in [5.41, 5.74) is 3.30. The zero-order valence-electron chi connectivity index (χ0n) is 23.1. The lowest BCUT2D eigenvalue weighted by atomic mass is 9.92. The number of thiazole rings is 1. The molecule has 0 aliphatic carbocycles. The number of pyridine rings is 1. The van der Waals surface area contributed by atoms with Crippen LogP contribution in [-0.2, 0) is 4.74 Å². The molecule has 1 amide bonds. The zero-order chi connectivity index (χ0) is 27.6. The zero-order valence-corrected chi connectivity index (χ0v) is 23.9. The molecule has 0 bridgehead atoms. The van der Waals surface area contributed by atoms with Crippen molar-refractivity contribution in [3.63, 3.8) is 0 Å². The Labute approximate surface area is 237 Å². The van der Waals surface area contributed by atoms with Crippen LogP contribution in [-0.4, -0.2) is 76.4 Å². The molecular formula is C29H34N6O4S. The third kappa shape index (κ3) is 5.66. The quantitative estimate of drug-likeness (QED) is 0.307. The van der Waals surface area contributed by atoms with E-state index in [0.717, 1.165) is 53.4 Å². The van der Waals surface area contributed by atoms with E-state index in [9.17, 15) is 4.79 Å². The smallest absolute Gasteiger partial charge is 0.324 e. The predicted molar refractivity (Wildman–Crippen MR) is 153 cm³/mol. The van der Waals surface area contributed by atoms with Crippen LogP contribution in [0.2, 0.25) is 0 Å². The molecule has 0 N–H and O–H groups in total. The van der Waals surface area contributed by atoms with Gasteiger partial charge in [-0.1, -0.05) is 42.5 Å². The maximum Gasteiger partial charge on any atom is 0.324 e. The molecule has 10 nitrogen and oxygen atoms in total. The Bertz CT molecular complexity index is 1450. The molecule has 1 unspecified atom stereocenters. The molecule has 0 saturated carbocycles. The summed E-state index contributed by atoms with van der Waals surface area (Å²) >= 11 is 1.47. The number of hydrogen-bond acceptors (Lipinski definition) is 10. The standard InChI is InChI=1S/C29H34N6O4S/c1-18(2)25-32-28(39-33-25)35-12-10-20(11-13-35)19(3)38-29-31-24-9-8-23(30-26(24)40-29)21-4-6-22(7-5-21)27(36)34-14-16-37-17-15-34/h4-9,18-20H,10-17H2,1-3H3. The molecule has 0 radical (unpaired) electrons. The molecule has 4 aromatic rings. The molecule has 0 spiro atoms. The van der Waals surface area contributed by atoms with Crippen molar-refractivity contribution >= 4 is 33.6 Å². The second-order valence-electron chi connectivity index (χ2n) is 10.7. The largest absolute Gasteiger partial charge is 0.467 e. The molecule has 40 heavy (non-hydrogen) atoms. The van der Waals surface area contributed by atoms with Gasteiger partial charge in [0.1, 0.15) is 16.5 Å². The highest BCUT2D eigenvalue weighted by Crippen LogP contribution is 2.32. The van der Waals surface area contributed by atoms with Crippen molar-refractivity contribution in [1.29, 1.82) is 0 Å². The summed E-state index contributed by atoms with van der Waals surface area (Å²) in [5.74, 6) is 1.45. The summed E-state index contributed by atoms with van der Waals surface area (Å²) in [6, 6.07) is 12.2. The first-order chi connectivity index (χ1) is 19.4. The second-order valence-corrected chi connectivity index (χ2v) is 11.7. The van der Waals surface area contributed by atoms with Crippen LogP contribution in [0.1, 0.15) is 55.7 Å². The predicted octanol–water partition coefficient (Wildman–Crippen LogP) is 5.02. The molecule has 2 aliphatic rings. The molecule has 210 valence electrons. The Morgan fingerprint density at radius 3 is 2.42 bits per heavy atom. The van der Waals surface area contributed by atoms with Crippen molar-refractivity contribution < 1.29 is 18.8 Å². The molecular weight excluding hydrogens is 528 g/mol. The Morgan fingerprint density at radius 1 is 0.975 bits per heavy atom. The highest BCUT2D eigenvalue weighted by Gasteiger charge is 2.28. The van der Waals surface area contributed by atoms with Gasteiger partial charge in [-0.15, -0.1) is 0 Å². The molecule has 2 aliphatic heterocycles. The van der Waals surface area contributed by atoms with Crippen molar-refractivity contribution in [3.05, 3.63) is 47.8 Å². The van der Waals surface area contributed by atoms with Gasteiger partial charge in [-0.3, -0.25) is 4.79 Å². The molecule has 1 atom stereocenters. The topological polar surface area (TPSA) is 107 Å². The Hall–Kier alpha value is -3.57. The van der Waals surface area contributed by atoms with Gasteiger partial charge in [-0.05, 0) is 49.9 Å². The normalized spacial score (nSPS) is 17.5. The first-order valence-electron chi connectivity index (χ1n) is 13.9. The number of benzene rings is 1. The number of carbonyl (C=O) groups excluding carboxylic acids is 1. The van der Waals surface area contributed by atoms with Gasteiger partial charge in [0.25, 0.3) is 11.1 Å². The SMILES string of the molecule is CC(C)c1noc(N2CCC(C(C)Oc3nc4ccc(-c5ccc(C(=O)N6CCOCC6)cc5)nc4s3)CC2)n1. The number of morpholine rings is 1. The van der Waals surface area contributed by atoms with Crippen LogP contribution in [0, 0.1) is 5.92 Å². The fraction of sp³-hybridized carbons (Fsp3) is 0.483. The molecule has 11 heteroatoms. The Balaban J connectivity index is 1.07. The number of carbonyl (C=O) groups is 1. The Morgan fingerprint density at radius 2 is 1.73 bits per heavy atom. The van der Waals surface area contributed by atoms with Crippen molar-refractivity contribution in [3.8, 4) is 16.5 Å². The van der Waals surface area contributed by atoms with E-state index in [1.54, 1.807) is 0 Å². The van der Waals surface area contributed by atoms with E-state index in [0.29, 0.717) is 49.0 Å². The van der Waals surface area contributed by atoms with Gasteiger partial charge in [0, 0.05) is 43.2 Å². The van der Waals surface area contributed by atoms with Gasteiger partial charge in [0.2, 0.25) is 0 Å².